The predicted octanol–water partition coefficient (Wildman–Crippen LogP) is 3.98. The first-order valence-electron chi connectivity index (χ1n) is 7.91. The second kappa shape index (κ2) is 6.33. The lowest BCUT2D eigenvalue weighted by Crippen LogP contribution is -2.24. The van der Waals surface area contributed by atoms with E-state index >= 15 is 0 Å². The molecule has 2 aromatic carbocycles. The molecule has 25 heavy (non-hydrogen) atoms. The zero-order valence-electron chi connectivity index (χ0n) is 13.6. The second-order valence-corrected chi connectivity index (χ2v) is 6.41. The fourth-order valence-corrected chi connectivity index (χ4v) is 2.99. The average Bonchev–Trinajstić information content (AvgIpc) is 3.20. The van der Waals surface area contributed by atoms with E-state index in [-0.39, 0.29) is 19.1 Å². The molecule has 128 valence electrons. The number of benzene rings is 2. The van der Waals surface area contributed by atoms with Gasteiger partial charge in [-0.05, 0) is 42.3 Å². The summed E-state index contributed by atoms with van der Waals surface area (Å²) in [6.45, 7) is 2.58. The van der Waals surface area contributed by atoms with Gasteiger partial charge in [0.25, 0.3) is 0 Å². The molecule has 1 aliphatic rings. The molecule has 0 unspecified atom stereocenters. The molecule has 0 saturated carbocycles. The Morgan fingerprint density at radius 2 is 2.04 bits per heavy atom. The molecule has 0 saturated heterocycles. The molecule has 0 radical (unpaired) electrons. The summed E-state index contributed by atoms with van der Waals surface area (Å²) >= 11 is 6.18. The molecule has 3 aromatic rings. The maximum Gasteiger partial charge on any atom is 0.231 e. The summed E-state index contributed by atoms with van der Waals surface area (Å²) in [5, 5.41) is 4.44. The Balaban J connectivity index is 1.43. The van der Waals surface area contributed by atoms with E-state index in [0.717, 1.165) is 33.4 Å². The molecule has 0 aliphatic carbocycles. The number of nitrogens with one attached hydrogen (secondary N) is 1. The number of rotatable bonds is 4. The van der Waals surface area contributed by atoms with Crippen molar-refractivity contribution in [2.45, 2.75) is 19.9 Å². The molecule has 0 bridgehead atoms. The van der Waals surface area contributed by atoms with Crippen LogP contribution in [0, 0.1) is 6.92 Å². The Morgan fingerprint density at radius 1 is 1.20 bits per heavy atom. The minimum absolute atomic E-state index is 0.0861. The fourth-order valence-electron chi connectivity index (χ4n) is 2.83. The van der Waals surface area contributed by atoms with E-state index in [1.54, 1.807) is 6.26 Å². The first-order chi connectivity index (χ1) is 12.1. The summed E-state index contributed by atoms with van der Waals surface area (Å²) in [4.78, 5) is 12.3. The SMILES string of the molecule is Cc1cc2occ(CC(=O)NCc3ccc4c(c3)OCO4)c2cc1Cl. The Hall–Kier alpha value is -2.66. The summed E-state index contributed by atoms with van der Waals surface area (Å²) in [5.74, 6) is 1.35. The van der Waals surface area contributed by atoms with Crippen molar-refractivity contribution < 1.29 is 18.7 Å². The summed E-state index contributed by atoms with van der Waals surface area (Å²) in [6, 6.07) is 9.35. The number of hydrogen-bond acceptors (Lipinski definition) is 4. The predicted molar refractivity (Wildman–Crippen MR) is 94.1 cm³/mol. The number of amides is 1. The third kappa shape index (κ3) is 3.15. The lowest BCUT2D eigenvalue weighted by Gasteiger charge is -2.06. The van der Waals surface area contributed by atoms with Crippen molar-refractivity contribution in [3.8, 4) is 11.5 Å². The fraction of sp³-hybridized carbons (Fsp3) is 0.211. The smallest absolute Gasteiger partial charge is 0.231 e. The van der Waals surface area contributed by atoms with Crippen LogP contribution in [0.2, 0.25) is 5.02 Å². The minimum Gasteiger partial charge on any atom is -0.464 e. The maximum atomic E-state index is 12.3. The van der Waals surface area contributed by atoms with Gasteiger partial charge >= 0.3 is 0 Å². The van der Waals surface area contributed by atoms with Crippen molar-refractivity contribution in [3.63, 3.8) is 0 Å². The van der Waals surface area contributed by atoms with Crippen molar-refractivity contribution in [2.75, 3.05) is 6.79 Å². The second-order valence-electron chi connectivity index (χ2n) is 6.00. The molecule has 0 spiro atoms. The molecule has 1 aromatic heterocycles. The quantitative estimate of drug-likeness (QED) is 0.767. The summed E-state index contributed by atoms with van der Waals surface area (Å²) in [5.41, 5.74) is 3.45. The zero-order valence-corrected chi connectivity index (χ0v) is 14.4. The highest BCUT2D eigenvalue weighted by molar-refractivity contribution is 6.32. The Morgan fingerprint density at radius 3 is 2.92 bits per heavy atom. The first-order valence-corrected chi connectivity index (χ1v) is 8.29. The van der Waals surface area contributed by atoms with Crippen LogP contribution in [0.15, 0.2) is 41.0 Å². The summed E-state index contributed by atoms with van der Waals surface area (Å²) in [6.07, 6.45) is 1.84. The van der Waals surface area contributed by atoms with Crippen molar-refractivity contribution in [1.29, 1.82) is 0 Å². The monoisotopic (exact) mass is 357 g/mol. The molecule has 4 rings (SSSR count). The van der Waals surface area contributed by atoms with Crippen LogP contribution in [0.4, 0.5) is 0 Å². The van der Waals surface area contributed by atoms with Crippen LogP contribution in [0.25, 0.3) is 11.0 Å². The van der Waals surface area contributed by atoms with Crippen molar-refractivity contribution in [1.82, 2.24) is 5.32 Å². The topological polar surface area (TPSA) is 60.7 Å². The van der Waals surface area contributed by atoms with Crippen LogP contribution in [0.5, 0.6) is 11.5 Å². The number of carbonyl (C=O) groups is 1. The van der Waals surface area contributed by atoms with Gasteiger partial charge in [0, 0.05) is 22.5 Å². The Labute approximate surface area is 149 Å². The van der Waals surface area contributed by atoms with E-state index in [4.69, 9.17) is 25.5 Å². The molecular formula is C19H16ClNO4. The van der Waals surface area contributed by atoms with Gasteiger partial charge in [-0.25, -0.2) is 0 Å². The van der Waals surface area contributed by atoms with Crippen molar-refractivity contribution in [3.05, 3.63) is 58.3 Å². The van der Waals surface area contributed by atoms with Crippen LogP contribution >= 0.6 is 11.6 Å². The molecule has 0 fully saturated rings. The van der Waals surface area contributed by atoms with Gasteiger partial charge in [0.1, 0.15) is 5.58 Å². The van der Waals surface area contributed by atoms with E-state index in [1.807, 2.05) is 37.3 Å². The van der Waals surface area contributed by atoms with Gasteiger partial charge in [-0.3, -0.25) is 4.79 Å². The minimum atomic E-state index is -0.0861. The number of fused-ring (bicyclic) bond motifs is 2. The van der Waals surface area contributed by atoms with Gasteiger partial charge < -0.3 is 19.2 Å². The molecule has 1 N–H and O–H groups in total. The third-order valence-electron chi connectivity index (χ3n) is 4.21. The van der Waals surface area contributed by atoms with Crippen molar-refractivity contribution >= 4 is 28.5 Å². The van der Waals surface area contributed by atoms with Gasteiger partial charge in [0.2, 0.25) is 12.7 Å². The molecule has 0 atom stereocenters. The van der Waals surface area contributed by atoms with Gasteiger partial charge in [-0.2, -0.15) is 0 Å². The molecule has 6 heteroatoms. The first kappa shape index (κ1) is 15.8. The highest BCUT2D eigenvalue weighted by Gasteiger charge is 2.15. The van der Waals surface area contributed by atoms with E-state index < -0.39 is 0 Å². The van der Waals surface area contributed by atoms with Gasteiger partial charge in [0.05, 0.1) is 12.7 Å². The average molecular weight is 358 g/mol. The van der Waals surface area contributed by atoms with Gasteiger partial charge in [0.15, 0.2) is 11.5 Å². The highest BCUT2D eigenvalue weighted by atomic mass is 35.5. The molecule has 1 amide bonds. The highest BCUT2D eigenvalue weighted by Crippen LogP contribution is 2.32. The Bertz CT molecular complexity index is 963. The number of furan rings is 1. The van der Waals surface area contributed by atoms with Crippen LogP contribution in [-0.2, 0) is 17.8 Å². The van der Waals surface area contributed by atoms with E-state index in [0.29, 0.717) is 17.3 Å². The third-order valence-corrected chi connectivity index (χ3v) is 4.62. The normalized spacial score (nSPS) is 12.6. The maximum absolute atomic E-state index is 12.3. The molecule has 2 heterocycles. The number of hydrogen-bond donors (Lipinski definition) is 1. The largest absolute Gasteiger partial charge is 0.464 e. The molecule has 5 nitrogen and oxygen atoms in total. The number of halogens is 1. The van der Waals surface area contributed by atoms with E-state index in [9.17, 15) is 4.79 Å². The van der Waals surface area contributed by atoms with Crippen LogP contribution in [-0.4, -0.2) is 12.7 Å². The molecule has 1 aliphatic heterocycles. The lowest BCUT2D eigenvalue weighted by atomic mass is 10.1. The number of ether oxygens (including phenoxy) is 2. The molecular weight excluding hydrogens is 342 g/mol. The number of carbonyl (C=O) groups excluding carboxylic acids is 1. The van der Waals surface area contributed by atoms with Crippen molar-refractivity contribution in [2.24, 2.45) is 0 Å². The summed E-state index contributed by atoms with van der Waals surface area (Å²) in [7, 11) is 0. The standard InChI is InChI=1S/C19H16ClNO4/c1-11-4-17-14(7-15(11)20)13(9-23-17)6-19(22)21-8-12-2-3-16-18(5-12)25-10-24-16/h2-5,7,9H,6,8,10H2,1H3,(H,21,22). The summed E-state index contributed by atoms with van der Waals surface area (Å²) < 4.78 is 16.1. The van der Waals surface area contributed by atoms with Gasteiger partial charge in [-0.15, -0.1) is 0 Å². The van der Waals surface area contributed by atoms with Crippen LogP contribution < -0.4 is 14.8 Å². The lowest BCUT2D eigenvalue weighted by molar-refractivity contribution is -0.120. The zero-order chi connectivity index (χ0) is 17.4. The van der Waals surface area contributed by atoms with Crippen LogP contribution in [0.3, 0.4) is 0 Å². The Kier molecular flexibility index (Phi) is 4.01. The van der Waals surface area contributed by atoms with E-state index in [2.05, 4.69) is 5.32 Å². The van der Waals surface area contributed by atoms with Crippen LogP contribution in [0.1, 0.15) is 16.7 Å². The van der Waals surface area contributed by atoms with Gasteiger partial charge in [-0.1, -0.05) is 17.7 Å². The van der Waals surface area contributed by atoms with E-state index in [1.165, 1.54) is 0 Å². The number of aryl methyl sites for hydroxylation is 1.